The average Bonchev–Trinajstić information content (AvgIpc) is 3.59. The van der Waals surface area contributed by atoms with E-state index in [2.05, 4.69) is 10.2 Å². The molecular weight excluding hydrogens is 421 g/mol. The van der Waals surface area contributed by atoms with Crippen molar-refractivity contribution in [1.29, 1.82) is 0 Å². The molecule has 33 heavy (non-hydrogen) atoms. The number of aromatic nitrogens is 4. The van der Waals surface area contributed by atoms with Crippen LogP contribution in [0.15, 0.2) is 59.5 Å². The summed E-state index contributed by atoms with van der Waals surface area (Å²) in [5.41, 5.74) is 3.41. The van der Waals surface area contributed by atoms with E-state index in [0.717, 1.165) is 42.6 Å². The average molecular weight is 443 g/mol. The van der Waals surface area contributed by atoms with Gasteiger partial charge in [0.1, 0.15) is 17.9 Å². The molecule has 2 aromatic heterocycles. The van der Waals surface area contributed by atoms with Crippen molar-refractivity contribution in [3.05, 3.63) is 82.2 Å². The molecule has 0 spiro atoms. The summed E-state index contributed by atoms with van der Waals surface area (Å²) in [7, 11) is 0. The summed E-state index contributed by atoms with van der Waals surface area (Å²) in [6.45, 7) is 0.479. The van der Waals surface area contributed by atoms with Crippen LogP contribution in [0.2, 0.25) is 0 Å². The summed E-state index contributed by atoms with van der Waals surface area (Å²) in [5, 5.41) is 9.72. The van der Waals surface area contributed by atoms with E-state index in [-0.39, 0.29) is 29.7 Å². The van der Waals surface area contributed by atoms with Gasteiger partial charge in [0.25, 0.3) is 5.56 Å². The zero-order valence-electron chi connectivity index (χ0n) is 17.9. The summed E-state index contributed by atoms with van der Waals surface area (Å²) >= 11 is 0. The highest BCUT2D eigenvalue weighted by Crippen LogP contribution is 2.41. The van der Waals surface area contributed by atoms with Gasteiger partial charge < -0.3 is 4.90 Å². The Balaban J connectivity index is 1.44. The first-order chi connectivity index (χ1) is 16.1. The predicted octanol–water partition coefficient (Wildman–Crippen LogP) is 3.58. The van der Waals surface area contributed by atoms with Crippen LogP contribution in [0.3, 0.4) is 0 Å². The normalized spacial score (nSPS) is 15.6. The molecule has 0 unspecified atom stereocenters. The predicted molar refractivity (Wildman–Crippen MR) is 122 cm³/mol. The minimum absolute atomic E-state index is 0.141. The van der Waals surface area contributed by atoms with Crippen molar-refractivity contribution in [2.24, 2.45) is 0 Å². The number of benzene rings is 2. The molecule has 8 heteroatoms. The Hall–Kier alpha value is -3.81. The van der Waals surface area contributed by atoms with Crippen molar-refractivity contribution in [2.75, 3.05) is 11.4 Å². The molecular formula is C25H22FN5O2. The van der Waals surface area contributed by atoms with E-state index in [1.54, 1.807) is 23.2 Å². The van der Waals surface area contributed by atoms with Gasteiger partial charge in [-0.2, -0.15) is 10.2 Å². The molecule has 0 atom stereocenters. The second-order valence-corrected chi connectivity index (χ2v) is 8.70. The summed E-state index contributed by atoms with van der Waals surface area (Å²) in [6.07, 6.45) is 5.46. The first-order valence-corrected chi connectivity index (χ1v) is 11.2. The zero-order valence-corrected chi connectivity index (χ0v) is 17.9. The van der Waals surface area contributed by atoms with E-state index < -0.39 is 0 Å². The molecule has 1 saturated carbocycles. The van der Waals surface area contributed by atoms with E-state index in [1.165, 1.54) is 21.5 Å². The van der Waals surface area contributed by atoms with Crippen LogP contribution in [-0.2, 0) is 17.8 Å². The highest BCUT2D eigenvalue weighted by molar-refractivity contribution is 5.94. The Morgan fingerprint density at radius 1 is 1.09 bits per heavy atom. The molecule has 0 N–H and O–H groups in total. The topological polar surface area (TPSA) is 73.0 Å². The number of hydrogen-bond acceptors (Lipinski definition) is 4. The number of nitrogens with zero attached hydrogens (tertiary/aromatic N) is 5. The zero-order chi connectivity index (χ0) is 22.5. The molecule has 2 aliphatic rings. The van der Waals surface area contributed by atoms with E-state index in [1.807, 2.05) is 24.3 Å². The van der Waals surface area contributed by atoms with Crippen LogP contribution in [0.1, 0.15) is 36.4 Å². The Labute approximate surface area is 189 Å². The second kappa shape index (κ2) is 7.65. The fraction of sp³-hybridized carbons (Fsp3) is 0.280. The van der Waals surface area contributed by atoms with Crippen LogP contribution in [-0.4, -0.2) is 32.0 Å². The van der Waals surface area contributed by atoms with E-state index >= 15 is 0 Å². The molecule has 1 aliphatic carbocycles. The molecule has 7 nitrogen and oxygen atoms in total. The van der Waals surface area contributed by atoms with Crippen LogP contribution in [0.25, 0.3) is 16.6 Å². The quantitative estimate of drug-likeness (QED) is 0.483. The molecule has 6 rings (SSSR count). The lowest BCUT2D eigenvalue weighted by Crippen LogP contribution is -2.40. The molecule has 0 saturated heterocycles. The van der Waals surface area contributed by atoms with Gasteiger partial charge in [-0.05, 0) is 61.6 Å². The van der Waals surface area contributed by atoms with Gasteiger partial charge in [0.05, 0.1) is 17.6 Å². The number of anilines is 1. The molecule has 4 aromatic rings. The van der Waals surface area contributed by atoms with Gasteiger partial charge in [0, 0.05) is 23.5 Å². The van der Waals surface area contributed by atoms with Gasteiger partial charge in [-0.1, -0.05) is 18.2 Å². The lowest BCUT2D eigenvalue weighted by atomic mass is 10.0. The second-order valence-electron chi connectivity index (χ2n) is 8.70. The standard InChI is InChI=1S/C25H22FN5O2/c26-18-9-11-19(12-10-18)31-24-20(14-27-31)23(17-7-8-17)28-30(25(24)33)15-22(32)29-13-3-5-16-4-1-2-6-21(16)29/h1-2,4,6,9-12,14,17H,3,5,7-8,13,15H2. The number of hydrogen-bond donors (Lipinski definition) is 0. The number of rotatable bonds is 4. The van der Waals surface area contributed by atoms with Gasteiger partial charge in [-0.3, -0.25) is 9.59 Å². The fourth-order valence-corrected chi connectivity index (χ4v) is 4.64. The monoisotopic (exact) mass is 443 g/mol. The lowest BCUT2D eigenvalue weighted by molar-refractivity contribution is -0.119. The largest absolute Gasteiger partial charge is 0.311 e. The Kier molecular flexibility index (Phi) is 4.60. The number of fused-ring (bicyclic) bond motifs is 2. The fourth-order valence-electron chi connectivity index (χ4n) is 4.64. The van der Waals surface area contributed by atoms with Crippen molar-refractivity contribution in [3.63, 3.8) is 0 Å². The molecule has 0 bridgehead atoms. The van der Waals surface area contributed by atoms with Crippen molar-refractivity contribution >= 4 is 22.5 Å². The maximum Gasteiger partial charge on any atom is 0.293 e. The van der Waals surface area contributed by atoms with Gasteiger partial charge in [-0.25, -0.2) is 13.8 Å². The SMILES string of the molecule is O=C(Cn1nc(C2CC2)c2cnn(-c3ccc(F)cc3)c2c1=O)N1CCCc2ccccc21. The minimum atomic E-state index is -0.380. The Morgan fingerprint density at radius 2 is 1.88 bits per heavy atom. The van der Waals surface area contributed by atoms with Crippen LogP contribution < -0.4 is 10.5 Å². The van der Waals surface area contributed by atoms with Crippen LogP contribution in [0.5, 0.6) is 0 Å². The van der Waals surface area contributed by atoms with Crippen LogP contribution in [0, 0.1) is 5.82 Å². The third-order valence-electron chi connectivity index (χ3n) is 6.44. The lowest BCUT2D eigenvalue weighted by Gasteiger charge is -2.29. The number of carbonyl (C=O) groups excluding carboxylic acids is 1. The maximum absolute atomic E-state index is 13.5. The van der Waals surface area contributed by atoms with E-state index in [4.69, 9.17) is 0 Å². The molecule has 1 fully saturated rings. The molecule has 1 aliphatic heterocycles. The minimum Gasteiger partial charge on any atom is -0.311 e. The summed E-state index contributed by atoms with van der Waals surface area (Å²) in [6, 6.07) is 13.7. The summed E-state index contributed by atoms with van der Waals surface area (Å²) in [4.78, 5) is 28.6. The Morgan fingerprint density at radius 3 is 2.67 bits per heavy atom. The van der Waals surface area contributed by atoms with Crippen molar-refractivity contribution in [3.8, 4) is 5.69 Å². The number of carbonyl (C=O) groups is 1. The van der Waals surface area contributed by atoms with Gasteiger partial charge in [-0.15, -0.1) is 0 Å². The first-order valence-electron chi connectivity index (χ1n) is 11.2. The van der Waals surface area contributed by atoms with Crippen LogP contribution >= 0.6 is 0 Å². The number of aryl methyl sites for hydroxylation is 1. The highest BCUT2D eigenvalue weighted by Gasteiger charge is 2.31. The molecule has 1 amide bonds. The molecule has 2 aromatic carbocycles. The van der Waals surface area contributed by atoms with Crippen molar-refractivity contribution in [1.82, 2.24) is 19.6 Å². The third-order valence-corrected chi connectivity index (χ3v) is 6.44. The van der Waals surface area contributed by atoms with Gasteiger partial charge >= 0.3 is 0 Å². The Bertz CT molecular complexity index is 1440. The number of para-hydroxylation sites is 1. The van der Waals surface area contributed by atoms with Crippen molar-refractivity contribution in [2.45, 2.75) is 38.1 Å². The van der Waals surface area contributed by atoms with E-state index in [0.29, 0.717) is 23.1 Å². The van der Waals surface area contributed by atoms with Gasteiger partial charge in [0.2, 0.25) is 5.91 Å². The molecule has 166 valence electrons. The van der Waals surface area contributed by atoms with Gasteiger partial charge in [0.15, 0.2) is 0 Å². The smallest absolute Gasteiger partial charge is 0.293 e. The van der Waals surface area contributed by atoms with Crippen LogP contribution in [0.4, 0.5) is 10.1 Å². The molecule has 0 radical (unpaired) electrons. The van der Waals surface area contributed by atoms with E-state index in [9.17, 15) is 14.0 Å². The van der Waals surface area contributed by atoms with Crippen molar-refractivity contribution < 1.29 is 9.18 Å². The first kappa shape index (κ1) is 19.8. The highest BCUT2D eigenvalue weighted by atomic mass is 19.1. The third kappa shape index (κ3) is 3.42. The number of halogens is 1. The number of amides is 1. The maximum atomic E-state index is 13.5. The summed E-state index contributed by atoms with van der Waals surface area (Å²) in [5.74, 6) is -0.262. The molecule has 3 heterocycles. The summed E-state index contributed by atoms with van der Waals surface area (Å²) < 4.78 is 16.2.